The van der Waals surface area contributed by atoms with Crippen LogP contribution in [-0.2, 0) is 16.0 Å². The fourth-order valence-electron chi connectivity index (χ4n) is 3.57. The molecular weight excluding hydrogens is 356 g/mol. The van der Waals surface area contributed by atoms with E-state index < -0.39 is 18.2 Å². The molecule has 28 heavy (non-hydrogen) atoms. The Balaban J connectivity index is 1.82. The van der Waals surface area contributed by atoms with Crippen LogP contribution in [0.5, 0.6) is 0 Å². The summed E-state index contributed by atoms with van der Waals surface area (Å²) in [5.74, 6) is -1.38. The van der Waals surface area contributed by atoms with Crippen LogP contribution >= 0.6 is 0 Å². The van der Waals surface area contributed by atoms with Crippen LogP contribution < -0.4 is 0 Å². The van der Waals surface area contributed by atoms with E-state index >= 15 is 0 Å². The van der Waals surface area contributed by atoms with Crippen molar-refractivity contribution in [2.75, 3.05) is 0 Å². The van der Waals surface area contributed by atoms with Crippen LogP contribution in [0.3, 0.4) is 0 Å². The summed E-state index contributed by atoms with van der Waals surface area (Å²) < 4.78 is 0. The molecule has 1 aliphatic rings. The molecule has 5 nitrogen and oxygen atoms in total. The quantitative estimate of drug-likeness (QED) is 0.401. The van der Waals surface area contributed by atoms with Crippen LogP contribution in [0.2, 0.25) is 0 Å². The van der Waals surface area contributed by atoms with Crippen molar-refractivity contribution in [2.45, 2.75) is 57.2 Å². The molecule has 0 saturated heterocycles. The molecule has 1 aromatic rings. The van der Waals surface area contributed by atoms with E-state index in [1.807, 2.05) is 42.5 Å². The van der Waals surface area contributed by atoms with E-state index in [-0.39, 0.29) is 30.5 Å². The summed E-state index contributed by atoms with van der Waals surface area (Å²) in [5.41, 5.74) is 1.16. The first-order valence-electron chi connectivity index (χ1n) is 9.95. The van der Waals surface area contributed by atoms with Crippen LogP contribution in [0, 0.1) is 11.8 Å². The van der Waals surface area contributed by atoms with Gasteiger partial charge in [0.15, 0.2) is 0 Å². The molecule has 0 aromatic heterocycles. The number of aliphatic hydroxyl groups is 2. The lowest BCUT2D eigenvalue weighted by Gasteiger charge is -2.17. The topological polar surface area (TPSA) is 94.8 Å². The normalized spacial score (nSPS) is 23.6. The number of hydrogen-bond acceptors (Lipinski definition) is 4. The Morgan fingerprint density at radius 1 is 1.21 bits per heavy atom. The number of aliphatic hydroxyl groups excluding tert-OH is 2. The van der Waals surface area contributed by atoms with Crippen molar-refractivity contribution in [1.29, 1.82) is 0 Å². The summed E-state index contributed by atoms with van der Waals surface area (Å²) in [7, 11) is 0. The molecule has 1 fully saturated rings. The Labute approximate surface area is 166 Å². The van der Waals surface area contributed by atoms with E-state index in [9.17, 15) is 19.8 Å². The number of carbonyl (C=O) groups excluding carboxylic acids is 1. The molecule has 0 amide bonds. The number of allylic oxidation sites excluding steroid dienone is 3. The molecule has 4 atom stereocenters. The summed E-state index contributed by atoms with van der Waals surface area (Å²) in [6.07, 6.45) is 9.39. The average molecular weight is 386 g/mol. The van der Waals surface area contributed by atoms with E-state index in [0.29, 0.717) is 25.7 Å². The third-order valence-corrected chi connectivity index (χ3v) is 5.19. The summed E-state index contributed by atoms with van der Waals surface area (Å²) in [5, 5.41) is 29.0. The standard InChI is InChI=1S/C23H30O5/c24-18(13-12-17-8-4-3-5-9-17)14-15-20-19(21(25)16-22(20)26)10-6-1-2-7-11-23(27)28/h1,3-6,8-9,14-15,18-21,24-25H,2,7,10-13,16H2,(H,27,28)/b6-1-,15-14+/t18-,19-,20-,21-/m1/s1. The number of rotatable bonds is 11. The lowest BCUT2D eigenvalue weighted by atomic mass is 9.90. The highest BCUT2D eigenvalue weighted by atomic mass is 16.4. The second-order valence-electron chi connectivity index (χ2n) is 7.40. The molecule has 1 aliphatic carbocycles. The molecule has 1 aromatic carbocycles. The fourth-order valence-corrected chi connectivity index (χ4v) is 3.57. The van der Waals surface area contributed by atoms with Crippen LogP contribution in [0.25, 0.3) is 0 Å². The molecule has 0 bridgehead atoms. The van der Waals surface area contributed by atoms with Gasteiger partial charge in [0.25, 0.3) is 0 Å². The first kappa shape index (κ1) is 22.1. The van der Waals surface area contributed by atoms with Gasteiger partial charge in [-0.2, -0.15) is 0 Å². The van der Waals surface area contributed by atoms with Gasteiger partial charge in [-0.05, 0) is 37.7 Å². The fraction of sp³-hybridized carbons (Fsp3) is 0.478. The van der Waals surface area contributed by atoms with E-state index in [1.165, 1.54) is 0 Å². The van der Waals surface area contributed by atoms with Crippen molar-refractivity contribution in [2.24, 2.45) is 11.8 Å². The number of ketones is 1. The number of Topliss-reactive ketones (excluding diaryl/α,β-unsaturated/α-hetero) is 1. The van der Waals surface area contributed by atoms with Gasteiger partial charge in [-0.25, -0.2) is 0 Å². The molecule has 3 N–H and O–H groups in total. The zero-order valence-electron chi connectivity index (χ0n) is 16.1. The predicted molar refractivity (Wildman–Crippen MR) is 108 cm³/mol. The number of aryl methyl sites for hydroxylation is 1. The third-order valence-electron chi connectivity index (χ3n) is 5.19. The van der Waals surface area contributed by atoms with Gasteiger partial charge in [0.05, 0.1) is 12.2 Å². The van der Waals surface area contributed by atoms with E-state index in [4.69, 9.17) is 5.11 Å². The molecule has 1 saturated carbocycles. The van der Waals surface area contributed by atoms with E-state index in [2.05, 4.69) is 0 Å². The third kappa shape index (κ3) is 7.41. The van der Waals surface area contributed by atoms with Crippen molar-refractivity contribution in [3.8, 4) is 0 Å². The van der Waals surface area contributed by atoms with Gasteiger partial charge in [-0.3, -0.25) is 9.59 Å². The number of unbranched alkanes of at least 4 members (excludes halogenated alkanes) is 1. The Bertz CT molecular complexity index is 679. The number of carboxylic acids is 1. The average Bonchev–Trinajstić information content (AvgIpc) is 2.94. The first-order valence-corrected chi connectivity index (χ1v) is 9.95. The Morgan fingerprint density at radius 3 is 2.68 bits per heavy atom. The minimum absolute atomic E-state index is 0.00304. The van der Waals surface area contributed by atoms with Crippen LogP contribution in [0.15, 0.2) is 54.6 Å². The van der Waals surface area contributed by atoms with Crippen molar-refractivity contribution in [3.05, 3.63) is 60.2 Å². The van der Waals surface area contributed by atoms with Gasteiger partial charge in [-0.1, -0.05) is 54.6 Å². The molecule has 5 heteroatoms. The smallest absolute Gasteiger partial charge is 0.303 e. The minimum Gasteiger partial charge on any atom is -0.481 e. The molecule has 0 spiro atoms. The van der Waals surface area contributed by atoms with Gasteiger partial charge in [0.2, 0.25) is 0 Å². The van der Waals surface area contributed by atoms with Gasteiger partial charge in [-0.15, -0.1) is 0 Å². The number of carbonyl (C=O) groups is 2. The summed E-state index contributed by atoms with van der Waals surface area (Å²) in [6, 6.07) is 9.93. The van der Waals surface area contributed by atoms with Crippen molar-refractivity contribution >= 4 is 11.8 Å². The highest BCUT2D eigenvalue weighted by Crippen LogP contribution is 2.33. The maximum absolute atomic E-state index is 12.2. The number of hydrogen-bond donors (Lipinski definition) is 3. The molecule has 2 rings (SSSR count). The van der Waals surface area contributed by atoms with Crippen LogP contribution in [0.1, 0.15) is 44.1 Å². The van der Waals surface area contributed by atoms with Gasteiger partial charge < -0.3 is 15.3 Å². The zero-order chi connectivity index (χ0) is 20.4. The first-order chi connectivity index (χ1) is 13.5. The van der Waals surface area contributed by atoms with E-state index in [0.717, 1.165) is 12.0 Å². The van der Waals surface area contributed by atoms with Crippen molar-refractivity contribution in [1.82, 2.24) is 0 Å². The van der Waals surface area contributed by atoms with Crippen molar-refractivity contribution < 1.29 is 24.9 Å². The maximum Gasteiger partial charge on any atom is 0.303 e. The van der Waals surface area contributed by atoms with Crippen molar-refractivity contribution in [3.63, 3.8) is 0 Å². The van der Waals surface area contributed by atoms with Gasteiger partial charge in [0.1, 0.15) is 5.78 Å². The largest absolute Gasteiger partial charge is 0.481 e. The molecule has 0 unspecified atom stereocenters. The van der Waals surface area contributed by atoms with E-state index in [1.54, 1.807) is 12.2 Å². The summed E-state index contributed by atoms with van der Waals surface area (Å²) in [6.45, 7) is 0. The molecule has 0 heterocycles. The Morgan fingerprint density at radius 2 is 1.96 bits per heavy atom. The Kier molecular flexibility index (Phi) is 9.11. The van der Waals surface area contributed by atoms with Gasteiger partial charge in [0, 0.05) is 24.7 Å². The lowest BCUT2D eigenvalue weighted by molar-refractivity contribution is -0.137. The molecular formula is C23H30O5. The second-order valence-corrected chi connectivity index (χ2v) is 7.40. The molecule has 0 aliphatic heterocycles. The summed E-state index contributed by atoms with van der Waals surface area (Å²) >= 11 is 0. The maximum atomic E-state index is 12.2. The lowest BCUT2D eigenvalue weighted by Crippen LogP contribution is -2.19. The summed E-state index contributed by atoms with van der Waals surface area (Å²) in [4.78, 5) is 22.7. The number of aliphatic carboxylic acids is 1. The van der Waals surface area contributed by atoms with Gasteiger partial charge >= 0.3 is 5.97 Å². The SMILES string of the molecule is O=C(O)CCC/C=C\C[C@H]1[C@H](O)CC(=O)[C@@H]1/C=C/[C@H](O)CCc1ccccc1. The molecule has 0 radical (unpaired) electrons. The van der Waals surface area contributed by atoms with Crippen LogP contribution in [-0.4, -0.2) is 39.3 Å². The number of carboxylic acid groups (broad SMARTS) is 1. The minimum atomic E-state index is -0.804. The monoisotopic (exact) mass is 386 g/mol. The molecule has 152 valence electrons. The highest BCUT2D eigenvalue weighted by Gasteiger charge is 2.39. The highest BCUT2D eigenvalue weighted by molar-refractivity contribution is 5.86. The predicted octanol–water partition coefficient (Wildman–Crippen LogP) is 3.30. The Hall–Kier alpha value is -2.24. The number of benzene rings is 1. The second kappa shape index (κ2) is 11.6. The zero-order valence-corrected chi connectivity index (χ0v) is 16.1. The van der Waals surface area contributed by atoms with Crippen LogP contribution in [0.4, 0.5) is 0 Å².